The van der Waals surface area contributed by atoms with Crippen LogP contribution < -0.4 is 9.64 Å². The Balaban J connectivity index is 1.64. The van der Waals surface area contributed by atoms with Crippen molar-refractivity contribution in [3.05, 3.63) is 66.0 Å². The monoisotopic (exact) mass is 526 g/mol. The van der Waals surface area contributed by atoms with Crippen LogP contribution in [0, 0.1) is 0 Å². The van der Waals surface area contributed by atoms with E-state index in [0.29, 0.717) is 41.2 Å². The van der Waals surface area contributed by atoms with E-state index in [2.05, 4.69) is 14.6 Å². The number of halogens is 3. The van der Waals surface area contributed by atoms with E-state index in [0.717, 1.165) is 24.3 Å². The minimum Gasteiger partial charge on any atom is -0.477 e. The second-order valence-corrected chi connectivity index (χ2v) is 9.20. The molecule has 4 aromatic rings. The molecule has 1 N–H and O–H groups in total. The van der Waals surface area contributed by atoms with Crippen LogP contribution in [0.15, 0.2) is 54.6 Å². The number of alkyl halides is 3. The maximum absolute atomic E-state index is 12.6. The van der Waals surface area contributed by atoms with E-state index in [-0.39, 0.29) is 17.4 Å². The van der Waals surface area contributed by atoms with E-state index in [1.807, 2.05) is 38.1 Å². The van der Waals surface area contributed by atoms with Crippen LogP contribution in [-0.2, 0) is 4.74 Å². The summed E-state index contributed by atoms with van der Waals surface area (Å²) in [6.45, 7) is 6.83. The Morgan fingerprint density at radius 3 is 2.24 bits per heavy atom. The number of carbonyl (C=O) groups is 1. The molecule has 38 heavy (non-hydrogen) atoms. The molecule has 0 spiro atoms. The van der Waals surface area contributed by atoms with E-state index in [1.54, 1.807) is 0 Å². The third kappa shape index (κ3) is 5.14. The van der Waals surface area contributed by atoms with Gasteiger partial charge in [0.2, 0.25) is 0 Å². The molecule has 3 heterocycles. The van der Waals surface area contributed by atoms with Crippen LogP contribution in [0.25, 0.3) is 27.8 Å². The minimum absolute atomic E-state index is 0.0459. The van der Waals surface area contributed by atoms with E-state index in [4.69, 9.17) is 9.84 Å². The number of carboxylic acids is 1. The number of aromatic nitrogens is 3. The largest absolute Gasteiger partial charge is 0.573 e. The van der Waals surface area contributed by atoms with Crippen molar-refractivity contribution < 1.29 is 32.5 Å². The maximum atomic E-state index is 12.6. The van der Waals surface area contributed by atoms with Crippen LogP contribution in [-0.4, -0.2) is 58.5 Å². The molecule has 0 amide bonds. The van der Waals surface area contributed by atoms with Crippen molar-refractivity contribution in [2.24, 2.45) is 0 Å². The molecule has 0 atom stereocenters. The molecule has 2 aromatic carbocycles. The molecule has 0 bridgehead atoms. The van der Waals surface area contributed by atoms with E-state index in [1.165, 1.54) is 35.0 Å². The molecule has 2 aromatic heterocycles. The molecule has 198 valence electrons. The normalized spacial score (nSPS) is 14.3. The number of benzene rings is 2. The number of rotatable bonds is 6. The summed E-state index contributed by atoms with van der Waals surface area (Å²) in [6, 6.07) is 14.6. The molecule has 1 aliphatic rings. The third-order valence-electron chi connectivity index (χ3n) is 6.30. The van der Waals surface area contributed by atoms with Crippen molar-refractivity contribution in [2.75, 3.05) is 31.2 Å². The van der Waals surface area contributed by atoms with Crippen LogP contribution in [0.4, 0.5) is 18.9 Å². The van der Waals surface area contributed by atoms with Crippen LogP contribution in [0.3, 0.4) is 0 Å². The Bertz CT molecular complexity index is 1460. The fraction of sp³-hybridized carbons (Fsp3) is 0.296. The van der Waals surface area contributed by atoms with Crippen molar-refractivity contribution >= 4 is 22.7 Å². The Labute approximate surface area is 216 Å². The lowest BCUT2D eigenvalue weighted by molar-refractivity contribution is -0.274. The summed E-state index contributed by atoms with van der Waals surface area (Å²) >= 11 is 0. The van der Waals surface area contributed by atoms with E-state index < -0.39 is 12.3 Å². The predicted octanol–water partition coefficient (Wildman–Crippen LogP) is 5.64. The fourth-order valence-corrected chi connectivity index (χ4v) is 4.53. The van der Waals surface area contributed by atoms with Crippen molar-refractivity contribution in [3.8, 4) is 22.6 Å². The standard InChI is InChI=1S/C27H25F3N4O4/c1-16(2)24-23-21(17-3-5-18(6-4-17)33-11-13-37-14-12-33)15-22(26(35)36)31-25(23)34(32-24)19-7-9-20(10-8-19)38-27(28,29)30/h3-10,15-16H,11-14H2,1-2H3,(H,35,36). The summed E-state index contributed by atoms with van der Waals surface area (Å²) in [7, 11) is 0. The van der Waals surface area contributed by atoms with Crippen molar-refractivity contribution in [2.45, 2.75) is 26.1 Å². The Hall–Kier alpha value is -4.12. The highest BCUT2D eigenvalue weighted by Crippen LogP contribution is 2.36. The molecule has 5 rings (SSSR count). The second kappa shape index (κ2) is 9.97. The van der Waals surface area contributed by atoms with Crippen LogP contribution in [0.2, 0.25) is 0 Å². The number of morpholine rings is 1. The first-order valence-corrected chi connectivity index (χ1v) is 12.1. The molecule has 1 aliphatic heterocycles. The highest BCUT2D eigenvalue weighted by molar-refractivity contribution is 6.00. The summed E-state index contributed by atoms with van der Waals surface area (Å²) in [5.41, 5.74) is 3.73. The first-order chi connectivity index (χ1) is 18.1. The number of carboxylic acid groups (broad SMARTS) is 1. The summed E-state index contributed by atoms with van der Waals surface area (Å²) in [5.74, 6) is -1.62. The number of pyridine rings is 1. The second-order valence-electron chi connectivity index (χ2n) is 9.20. The Morgan fingerprint density at radius 1 is 1.03 bits per heavy atom. The zero-order chi connectivity index (χ0) is 27.0. The van der Waals surface area contributed by atoms with E-state index in [9.17, 15) is 23.1 Å². The van der Waals surface area contributed by atoms with Crippen LogP contribution >= 0.6 is 0 Å². The number of ether oxygens (including phenoxy) is 2. The van der Waals surface area contributed by atoms with Gasteiger partial charge in [-0.15, -0.1) is 13.2 Å². The minimum atomic E-state index is -4.81. The maximum Gasteiger partial charge on any atom is 0.573 e. The molecule has 0 unspecified atom stereocenters. The fourth-order valence-electron chi connectivity index (χ4n) is 4.53. The van der Waals surface area contributed by atoms with Crippen molar-refractivity contribution in [1.82, 2.24) is 14.8 Å². The van der Waals surface area contributed by atoms with Crippen molar-refractivity contribution in [3.63, 3.8) is 0 Å². The Morgan fingerprint density at radius 2 is 1.66 bits per heavy atom. The molecule has 1 saturated heterocycles. The highest BCUT2D eigenvalue weighted by atomic mass is 19.4. The lowest BCUT2D eigenvalue weighted by Gasteiger charge is -2.29. The van der Waals surface area contributed by atoms with Gasteiger partial charge in [-0.2, -0.15) is 5.10 Å². The van der Waals surface area contributed by atoms with Gasteiger partial charge >= 0.3 is 12.3 Å². The molecule has 11 heteroatoms. The first kappa shape index (κ1) is 25.5. The number of fused-ring (bicyclic) bond motifs is 1. The number of anilines is 1. The summed E-state index contributed by atoms with van der Waals surface area (Å²) < 4.78 is 48.7. The molecular formula is C27H25F3N4O4. The topological polar surface area (TPSA) is 89.7 Å². The smallest absolute Gasteiger partial charge is 0.477 e. The summed E-state index contributed by atoms with van der Waals surface area (Å²) in [5, 5.41) is 15.2. The highest BCUT2D eigenvalue weighted by Gasteiger charge is 2.31. The number of nitrogens with zero attached hydrogens (tertiary/aromatic N) is 4. The van der Waals surface area contributed by atoms with Gasteiger partial charge in [0.1, 0.15) is 5.75 Å². The van der Waals surface area contributed by atoms with Gasteiger partial charge in [-0.05, 0) is 59.5 Å². The molecule has 1 fully saturated rings. The summed E-state index contributed by atoms with van der Waals surface area (Å²) in [4.78, 5) is 18.6. The van der Waals surface area contributed by atoms with Crippen LogP contribution in [0.1, 0.15) is 35.9 Å². The van der Waals surface area contributed by atoms with Gasteiger partial charge in [0, 0.05) is 18.8 Å². The molecule has 8 nitrogen and oxygen atoms in total. The number of aromatic carboxylic acids is 1. The van der Waals surface area contributed by atoms with E-state index >= 15 is 0 Å². The van der Waals surface area contributed by atoms with Gasteiger partial charge in [0.05, 0.1) is 30.0 Å². The van der Waals surface area contributed by atoms with Gasteiger partial charge in [-0.25, -0.2) is 14.5 Å². The lowest BCUT2D eigenvalue weighted by atomic mass is 9.97. The molecule has 0 aliphatic carbocycles. The lowest BCUT2D eigenvalue weighted by Crippen LogP contribution is -2.36. The summed E-state index contributed by atoms with van der Waals surface area (Å²) in [6.07, 6.45) is -4.81. The van der Waals surface area contributed by atoms with Crippen LogP contribution in [0.5, 0.6) is 5.75 Å². The van der Waals surface area contributed by atoms with Crippen molar-refractivity contribution in [1.29, 1.82) is 0 Å². The number of hydrogen-bond acceptors (Lipinski definition) is 6. The van der Waals surface area contributed by atoms with Gasteiger partial charge < -0.3 is 19.5 Å². The third-order valence-corrected chi connectivity index (χ3v) is 6.30. The first-order valence-electron chi connectivity index (χ1n) is 12.1. The quantitative estimate of drug-likeness (QED) is 0.348. The average molecular weight is 527 g/mol. The van der Waals surface area contributed by atoms with Gasteiger partial charge in [0.25, 0.3) is 0 Å². The van der Waals surface area contributed by atoms with Gasteiger partial charge in [-0.1, -0.05) is 26.0 Å². The SMILES string of the molecule is CC(C)c1nn(-c2ccc(OC(F)(F)F)cc2)c2nc(C(=O)O)cc(-c3ccc(N4CCOCC4)cc3)c12. The predicted molar refractivity (Wildman–Crippen MR) is 135 cm³/mol. The number of hydrogen-bond donors (Lipinski definition) is 1. The van der Waals surface area contributed by atoms with Gasteiger partial charge in [0.15, 0.2) is 11.3 Å². The molecule has 0 radical (unpaired) electrons. The molecular weight excluding hydrogens is 501 g/mol. The zero-order valence-electron chi connectivity index (χ0n) is 20.7. The van der Waals surface area contributed by atoms with Gasteiger partial charge in [-0.3, -0.25) is 0 Å². The Kier molecular flexibility index (Phi) is 6.70. The average Bonchev–Trinajstić information content (AvgIpc) is 3.28. The molecule has 0 saturated carbocycles. The zero-order valence-corrected chi connectivity index (χ0v) is 20.7.